The summed E-state index contributed by atoms with van der Waals surface area (Å²) in [4.78, 5) is 7.86. The second-order valence-electron chi connectivity index (χ2n) is 6.93. The van der Waals surface area contributed by atoms with Gasteiger partial charge in [0.25, 0.3) is 0 Å². The molecule has 2 atom stereocenters. The number of nitrogens with one attached hydrogen (secondary N) is 2. The number of rotatable bonds is 7. The molecule has 1 aromatic carbocycles. The van der Waals surface area contributed by atoms with Crippen molar-refractivity contribution in [3.05, 3.63) is 42.7 Å². The van der Waals surface area contributed by atoms with Gasteiger partial charge in [0.15, 0.2) is 5.96 Å². The third kappa shape index (κ3) is 7.29. The summed E-state index contributed by atoms with van der Waals surface area (Å²) in [7, 11) is 0.924. The van der Waals surface area contributed by atoms with Gasteiger partial charge in [-0.3, -0.25) is 13.9 Å². The van der Waals surface area contributed by atoms with E-state index in [2.05, 4.69) is 38.7 Å². The number of benzene rings is 1. The highest BCUT2D eigenvalue weighted by atomic mass is 127. The van der Waals surface area contributed by atoms with E-state index in [9.17, 15) is 4.21 Å². The van der Waals surface area contributed by atoms with Gasteiger partial charge in [0, 0.05) is 49.6 Å². The highest BCUT2D eigenvalue weighted by Crippen LogP contribution is 2.18. The zero-order chi connectivity index (χ0) is 19.8. The first kappa shape index (κ1) is 23.7. The number of aliphatic imine (C=N–C) groups is 1. The minimum absolute atomic E-state index is 0. The molecule has 0 amide bonds. The Balaban J connectivity index is 0.00000300. The molecule has 1 aliphatic heterocycles. The lowest BCUT2D eigenvalue weighted by molar-refractivity contribution is 0.468. The first-order valence-corrected chi connectivity index (χ1v) is 11.2. The molecule has 29 heavy (non-hydrogen) atoms. The number of hydrogen-bond donors (Lipinski definition) is 2. The Bertz CT molecular complexity index is 797. The molecule has 0 radical (unpaired) electrons. The van der Waals surface area contributed by atoms with E-state index < -0.39 is 10.8 Å². The van der Waals surface area contributed by atoms with Crippen molar-refractivity contribution >= 4 is 46.4 Å². The lowest BCUT2D eigenvalue weighted by Gasteiger charge is -2.34. The summed E-state index contributed by atoms with van der Waals surface area (Å²) in [5.74, 6) is 1.32. The van der Waals surface area contributed by atoms with Gasteiger partial charge in [-0.15, -0.1) is 24.0 Å². The smallest absolute Gasteiger partial charge is 0.191 e. The van der Waals surface area contributed by atoms with Gasteiger partial charge in [0.1, 0.15) is 0 Å². The number of aryl methyl sites for hydroxylation is 1. The quantitative estimate of drug-likeness (QED) is 0.327. The summed E-state index contributed by atoms with van der Waals surface area (Å²) in [6, 6.07) is 9.89. The third-order valence-electron chi connectivity index (χ3n) is 4.72. The lowest BCUT2D eigenvalue weighted by Crippen LogP contribution is -2.51. The van der Waals surface area contributed by atoms with Gasteiger partial charge in [-0.1, -0.05) is 18.2 Å². The summed E-state index contributed by atoms with van der Waals surface area (Å²) >= 11 is 0. The Morgan fingerprint density at radius 2 is 2.14 bits per heavy atom. The molecule has 2 heterocycles. The van der Waals surface area contributed by atoms with Crippen molar-refractivity contribution in [2.75, 3.05) is 36.8 Å². The maximum atomic E-state index is 12.4. The van der Waals surface area contributed by atoms with Crippen molar-refractivity contribution in [1.29, 1.82) is 0 Å². The fourth-order valence-electron chi connectivity index (χ4n) is 3.34. The van der Waals surface area contributed by atoms with Gasteiger partial charge >= 0.3 is 0 Å². The molecule has 1 aromatic heterocycles. The predicted octanol–water partition coefficient (Wildman–Crippen LogP) is 2.37. The number of nitrogens with zero attached hydrogens (tertiary/aromatic N) is 4. The number of halogens is 1. The predicted molar refractivity (Wildman–Crippen MR) is 131 cm³/mol. The molecule has 7 nitrogen and oxygen atoms in total. The van der Waals surface area contributed by atoms with Gasteiger partial charge in [-0.25, -0.2) is 0 Å². The number of anilines is 1. The Labute approximate surface area is 192 Å². The van der Waals surface area contributed by atoms with Gasteiger partial charge in [-0.05, 0) is 31.9 Å². The van der Waals surface area contributed by atoms with E-state index in [0.29, 0.717) is 18.3 Å². The fourth-order valence-corrected chi connectivity index (χ4v) is 4.30. The normalized spacial score (nSPS) is 18.1. The summed E-state index contributed by atoms with van der Waals surface area (Å²) < 4.78 is 14.2. The van der Waals surface area contributed by atoms with E-state index in [1.165, 1.54) is 0 Å². The summed E-state index contributed by atoms with van der Waals surface area (Å²) in [5.41, 5.74) is 1.16. The van der Waals surface area contributed by atoms with E-state index in [1.54, 1.807) is 0 Å². The molecule has 2 unspecified atom stereocenters. The Hall–Kier alpha value is -1.62. The van der Waals surface area contributed by atoms with Crippen LogP contribution in [0.4, 0.5) is 5.69 Å². The van der Waals surface area contributed by atoms with Crippen LogP contribution in [0.1, 0.15) is 19.8 Å². The molecule has 2 aromatic rings. The first-order chi connectivity index (χ1) is 13.7. The Morgan fingerprint density at radius 3 is 2.83 bits per heavy atom. The van der Waals surface area contributed by atoms with Crippen LogP contribution in [0.25, 0.3) is 0 Å². The van der Waals surface area contributed by atoms with E-state index in [4.69, 9.17) is 0 Å². The molecule has 0 saturated carbocycles. The first-order valence-electron chi connectivity index (χ1n) is 9.87. The van der Waals surface area contributed by atoms with Gasteiger partial charge in [0.2, 0.25) is 0 Å². The average Bonchev–Trinajstić information content (AvgIpc) is 3.15. The maximum absolute atomic E-state index is 12.4. The second kappa shape index (κ2) is 12.2. The van der Waals surface area contributed by atoms with E-state index in [-0.39, 0.29) is 24.0 Å². The number of piperidine rings is 1. The van der Waals surface area contributed by atoms with Crippen molar-refractivity contribution in [2.45, 2.75) is 30.7 Å². The average molecular weight is 530 g/mol. The summed E-state index contributed by atoms with van der Waals surface area (Å²) in [5, 5.41) is 11.1. The molecule has 0 spiro atoms. The molecule has 1 fully saturated rings. The van der Waals surface area contributed by atoms with Crippen molar-refractivity contribution in [3.63, 3.8) is 0 Å². The molecule has 1 saturated heterocycles. The minimum atomic E-state index is -1.02. The molecule has 0 aliphatic carbocycles. The lowest BCUT2D eigenvalue weighted by atomic mass is 10.1. The summed E-state index contributed by atoms with van der Waals surface area (Å²) in [6.45, 7) is 5.35. The Kier molecular flexibility index (Phi) is 9.92. The molecule has 0 bridgehead atoms. The number of aromatic nitrogens is 2. The van der Waals surface area contributed by atoms with Gasteiger partial charge in [-0.2, -0.15) is 5.10 Å². The van der Waals surface area contributed by atoms with E-state index in [0.717, 1.165) is 49.0 Å². The zero-order valence-corrected chi connectivity index (χ0v) is 20.2. The third-order valence-corrected chi connectivity index (χ3v) is 6.07. The highest BCUT2D eigenvalue weighted by molar-refractivity contribution is 14.0. The largest absolute Gasteiger partial charge is 0.367 e. The molecule has 160 valence electrons. The molecule has 9 heteroatoms. The van der Waals surface area contributed by atoms with Crippen LogP contribution in [-0.2, 0) is 17.8 Å². The SMILES string of the molecule is CCNC(=NCCS(=O)c1ccccc1)NC1CCCN(c2cnn(C)c2)C1.I. The summed E-state index contributed by atoms with van der Waals surface area (Å²) in [6.07, 6.45) is 6.21. The molecular weight excluding hydrogens is 499 g/mol. The van der Waals surface area contributed by atoms with Gasteiger partial charge < -0.3 is 15.5 Å². The van der Waals surface area contributed by atoms with Crippen LogP contribution >= 0.6 is 24.0 Å². The monoisotopic (exact) mass is 530 g/mol. The molecular formula is C20H31IN6OS. The topological polar surface area (TPSA) is 74.6 Å². The van der Waals surface area contributed by atoms with Crippen molar-refractivity contribution in [1.82, 2.24) is 20.4 Å². The van der Waals surface area contributed by atoms with Crippen LogP contribution in [-0.4, -0.2) is 57.9 Å². The van der Waals surface area contributed by atoms with Crippen LogP contribution in [0.5, 0.6) is 0 Å². The molecule has 3 rings (SSSR count). The maximum Gasteiger partial charge on any atom is 0.191 e. The van der Waals surface area contributed by atoms with Crippen molar-refractivity contribution < 1.29 is 4.21 Å². The second-order valence-corrected chi connectivity index (χ2v) is 8.50. The molecule has 2 N–H and O–H groups in total. The Morgan fingerprint density at radius 1 is 1.34 bits per heavy atom. The highest BCUT2D eigenvalue weighted by Gasteiger charge is 2.21. The minimum Gasteiger partial charge on any atom is -0.367 e. The van der Waals surface area contributed by atoms with Crippen LogP contribution in [0.3, 0.4) is 0 Å². The van der Waals surface area contributed by atoms with E-state index in [1.807, 2.05) is 48.3 Å². The number of hydrogen-bond acceptors (Lipinski definition) is 4. The van der Waals surface area contributed by atoms with Crippen LogP contribution < -0.4 is 15.5 Å². The molecule has 1 aliphatic rings. The van der Waals surface area contributed by atoms with Crippen LogP contribution in [0.2, 0.25) is 0 Å². The van der Waals surface area contributed by atoms with Crippen LogP contribution in [0.15, 0.2) is 52.6 Å². The van der Waals surface area contributed by atoms with Gasteiger partial charge in [0.05, 0.1) is 29.2 Å². The van der Waals surface area contributed by atoms with Crippen molar-refractivity contribution in [2.24, 2.45) is 12.0 Å². The van der Waals surface area contributed by atoms with Crippen molar-refractivity contribution in [3.8, 4) is 0 Å². The zero-order valence-electron chi connectivity index (χ0n) is 17.1. The fraction of sp³-hybridized carbons (Fsp3) is 0.500. The standard InChI is InChI=1S/C20H30N6OS.HI/c1-3-21-20(22-11-13-28(27)19-9-5-4-6-10-19)24-17-8-7-12-26(15-17)18-14-23-25(2)16-18;/h4-6,9-10,14,16-17H,3,7-8,11-13,15H2,1-2H3,(H2,21,22,24);1H. The number of guanidine groups is 1. The van der Waals surface area contributed by atoms with E-state index >= 15 is 0 Å². The van der Waals surface area contributed by atoms with Crippen LogP contribution in [0, 0.1) is 0 Å².